The summed E-state index contributed by atoms with van der Waals surface area (Å²) in [6, 6.07) is 10.0. The van der Waals surface area contributed by atoms with Gasteiger partial charge >= 0.3 is 5.97 Å². The van der Waals surface area contributed by atoms with Gasteiger partial charge in [0.15, 0.2) is 0 Å². The summed E-state index contributed by atoms with van der Waals surface area (Å²) < 4.78 is 6.73. The van der Waals surface area contributed by atoms with Crippen LogP contribution < -0.4 is 0 Å². The molecule has 1 atom stereocenters. The van der Waals surface area contributed by atoms with E-state index in [9.17, 15) is 4.79 Å². The van der Waals surface area contributed by atoms with E-state index in [4.69, 9.17) is 4.74 Å². The second-order valence-electron chi connectivity index (χ2n) is 4.45. The molecule has 0 aliphatic heterocycles. The Hall–Kier alpha value is -2.10. The van der Waals surface area contributed by atoms with Crippen molar-refractivity contribution in [3.05, 3.63) is 53.3 Å². The summed E-state index contributed by atoms with van der Waals surface area (Å²) in [4.78, 5) is 11.9. The molecule has 0 radical (unpaired) electrons. The molecule has 0 N–H and O–H groups in total. The number of benzene rings is 1. The van der Waals surface area contributed by atoms with Crippen molar-refractivity contribution in [2.75, 3.05) is 6.61 Å². The number of rotatable bonds is 4. The van der Waals surface area contributed by atoms with Crippen LogP contribution in [0.4, 0.5) is 0 Å². The van der Waals surface area contributed by atoms with Crippen LogP contribution in [0.1, 0.15) is 41.4 Å². The summed E-state index contributed by atoms with van der Waals surface area (Å²) in [6.45, 7) is 4.21. The van der Waals surface area contributed by atoms with Gasteiger partial charge in [-0.2, -0.15) is 5.10 Å². The first-order valence-electron chi connectivity index (χ1n) is 6.39. The molecule has 4 nitrogen and oxygen atoms in total. The molecule has 0 spiro atoms. The van der Waals surface area contributed by atoms with Gasteiger partial charge in [-0.1, -0.05) is 37.3 Å². The van der Waals surface area contributed by atoms with Crippen molar-refractivity contribution in [1.29, 1.82) is 0 Å². The largest absolute Gasteiger partial charge is 0.462 e. The van der Waals surface area contributed by atoms with E-state index in [0.717, 1.165) is 11.3 Å². The minimum absolute atomic E-state index is 0.0572. The highest BCUT2D eigenvalue weighted by Crippen LogP contribution is 2.25. The molecule has 0 fully saturated rings. The molecule has 0 aliphatic carbocycles. The zero-order valence-electron chi connectivity index (χ0n) is 11.5. The number of hydrogen-bond donors (Lipinski definition) is 0. The zero-order chi connectivity index (χ0) is 13.8. The van der Waals surface area contributed by atoms with Gasteiger partial charge < -0.3 is 4.74 Å². The standard InChI is InChI=1S/C15H18N2O2/c1-4-19-15(18)13-10-17(3)16-14(13)11(2)12-8-6-5-7-9-12/h5-11H,4H2,1-3H3. The van der Waals surface area contributed by atoms with Crippen LogP contribution in [0.3, 0.4) is 0 Å². The first-order valence-corrected chi connectivity index (χ1v) is 6.39. The molecule has 2 aromatic rings. The Balaban J connectivity index is 2.37. The summed E-state index contributed by atoms with van der Waals surface area (Å²) in [5, 5.41) is 4.41. The number of carbonyl (C=O) groups excluding carboxylic acids is 1. The lowest BCUT2D eigenvalue weighted by Gasteiger charge is -2.11. The third-order valence-electron chi connectivity index (χ3n) is 3.06. The fourth-order valence-electron chi connectivity index (χ4n) is 2.09. The SMILES string of the molecule is CCOC(=O)c1cn(C)nc1C(C)c1ccccc1. The van der Waals surface area contributed by atoms with Crippen molar-refractivity contribution in [2.24, 2.45) is 7.05 Å². The summed E-state index contributed by atoms with van der Waals surface area (Å²) in [6.07, 6.45) is 1.72. The van der Waals surface area contributed by atoms with E-state index in [2.05, 4.69) is 5.10 Å². The molecule has 0 amide bonds. The van der Waals surface area contributed by atoms with Crippen LogP contribution in [0.5, 0.6) is 0 Å². The third-order valence-corrected chi connectivity index (χ3v) is 3.06. The van der Waals surface area contributed by atoms with Gasteiger partial charge in [0.05, 0.1) is 12.3 Å². The molecular weight excluding hydrogens is 240 g/mol. The maximum absolute atomic E-state index is 11.9. The Labute approximate surface area is 113 Å². The van der Waals surface area contributed by atoms with Crippen LogP contribution in [0.25, 0.3) is 0 Å². The van der Waals surface area contributed by atoms with Gasteiger partial charge in [-0.05, 0) is 12.5 Å². The van der Waals surface area contributed by atoms with Gasteiger partial charge in [0.25, 0.3) is 0 Å². The van der Waals surface area contributed by atoms with Crippen LogP contribution in [-0.2, 0) is 11.8 Å². The zero-order valence-corrected chi connectivity index (χ0v) is 11.5. The van der Waals surface area contributed by atoms with E-state index in [0.29, 0.717) is 12.2 Å². The lowest BCUT2D eigenvalue weighted by atomic mass is 9.95. The van der Waals surface area contributed by atoms with Gasteiger partial charge in [0, 0.05) is 19.2 Å². The van der Waals surface area contributed by atoms with Gasteiger partial charge in [-0.15, -0.1) is 0 Å². The van der Waals surface area contributed by atoms with Crippen molar-refractivity contribution >= 4 is 5.97 Å². The Morgan fingerprint density at radius 2 is 2.05 bits per heavy atom. The Bertz CT molecular complexity index is 561. The number of ether oxygens (including phenoxy) is 1. The van der Waals surface area contributed by atoms with Crippen LogP contribution in [0.15, 0.2) is 36.5 Å². The summed E-state index contributed by atoms with van der Waals surface area (Å²) in [5.74, 6) is -0.254. The average Bonchev–Trinajstić information content (AvgIpc) is 2.81. The minimum Gasteiger partial charge on any atom is -0.462 e. The molecule has 0 saturated heterocycles. The van der Waals surface area contributed by atoms with Crippen LogP contribution in [0, 0.1) is 0 Å². The molecule has 0 saturated carbocycles. The highest BCUT2D eigenvalue weighted by Gasteiger charge is 2.22. The predicted octanol–water partition coefficient (Wildman–Crippen LogP) is 2.75. The lowest BCUT2D eigenvalue weighted by molar-refractivity contribution is 0.0524. The van der Waals surface area contributed by atoms with E-state index in [1.165, 1.54) is 0 Å². The molecule has 0 aliphatic rings. The number of aryl methyl sites for hydroxylation is 1. The normalized spacial score (nSPS) is 12.2. The molecule has 1 unspecified atom stereocenters. The fourth-order valence-corrected chi connectivity index (χ4v) is 2.09. The summed E-state index contributed by atoms with van der Waals surface area (Å²) in [7, 11) is 1.81. The van der Waals surface area contributed by atoms with Gasteiger partial charge in [0.1, 0.15) is 5.56 Å². The van der Waals surface area contributed by atoms with E-state index < -0.39 is 0 Å². The topological polar surface area (TPSA) is 44.1 Å². The van der Waals surface area contributed by atoms with Crippen LogP contribution in [-0.4, -0.2) is 22.4 Å². The summed E-state index contributed by atoms with van der Waals surface area (Å²) >= 11 is 0. The monoisotopic (exact) mass is 258 g/mol. The molecule has 1 heterocycles. The first-order chi connectivity index (χ1) is 9.13. The quantitative estimate of drug-likeness (QED) is 0.792. The van der Waals surface area contributed by atoms with E-state index in [-0.39, 0.29) is 11.9 Å². The molecule has 2 rings (SSSR count). The smallest absolute Gasteiger partial charge is 0.341 e. The minimum atomic E-state index is -0.312. The highest BCUT2D eigenvalue weighted by atomic mass is 16.5. The van der Waals surface area contributed by atoms with Crippen molar-refractivity contribution in [3.8, 4) is 0 Å². The Morgan fingerprint density at radius 1 is 1.37 bits per heavy atom. The Morgan fingerprint density at radius 3 is 2.68 bits per heavy atom. The van der Waals surface area contributed by atoms with Crippen molar-refractivity contribution < 1.29 is 9.53 Å². The van der Waals surface area contributed by atoms with E-state index >= 15 is 0 Å². The summed E-state index contributed by atoms with van der Waals surface area (Å²) in [5.41, 5.74) is 2.43. The van der Waals surface area contributed by atoms with Gasteiger partial charge in [-0.25, -0.2) is 4.79 Å². The first kappa shape index (κ1) is 13.3. The molecule has 19 heavy (non-hydrogen) atoms. The van der Waals surface area contributed by atoms with Gasteiger partial charge in [0.2, 0.25) is 0 Å². The van der Waals surface area contributed by atoms with Crippen molar-refractivity contribution in [3.63, 3.8) is 0 Å². The molecule has 0 bridgehead atoms. The second-order valence-corrected chi connectivity index (χ2v) is 4.45. The van der Waals surface area contributed by atoms with Gasteiger partial charge in [-0.3, -0.25) is 4.68 Å². The van der Waals surface area contributed by atoms with Crippen LogP contribution in [0.2, 0.25) is 0 Å². The van der Waals surface area contributed by atoms with E-state index in [1.807, 2.05) is 44.3 Å². The number of nitrogens with zero attached hydrogens (tertiary/aromatic N) is 2. The number of carbonyl (C=O) groups is 1. The molecule has 1 aromatic carbocycles. The number of esters is 1. The maximum atomic E-state index is 11.9. The third kappa shape index (κ3) is 2.84. The second kappa shape index (κ2) is 5.69. The predicted molar refractivity (Wildman–Crippen MR) is 73.1 cm³/mol. The van der Waals surface area contributed by atoms with Crippen molar-refractivity contribution in [1.82, 2.24) is 9.78 Å². The number of hydrogen-bond acceptors (Lipinski definition) is 3. The lowest BCUT2D eigenvalue weighted by Crippen LogP contribution is -2.09. The van der Waals surface area contributed by atoms with Crippen LogP contribution >= 0.6 is 0 Å². The van der Waals surface area contributed by atoms with Crippen molar-refractivity contribution in [2.45, 2.75) is 19.8 Å². The molecule has 1 aromatic heterocycles. The highest BCUT2D eigenvalue weighted by molar-refractivity contribution is 5.90. The Kier molecular flexibility index (Phi) is 4.00. The van der Waals surface area contributed by atoms with E-state index in [1.54, 1.807) is 17.8 Å². The maximum Gasteiger partial charge on any atom is 0.341 e. The average molecular weight is 258 g/mol. The fraction of sp³-hybridized carbons (Fsp3) is 0.333. The molecule has 4 heteroatoms. The molecule has 100 valence electrons. The molecular formula is C15H18N2O2. The number of aromatic nitrogens is 2.